The molecule has 0 aliphatic heterocycles. The summed E-state index contributed by atoms with van der Waals surface area (Å²) >= 11 is 5.96. The minimum atomic E-state index is -0.381. The fraction of sp³-hybridized carbons (Fsp3) is 0.455. The average Bonchev–Trinajstić information content (AvgIpc) is 2.88. The fourth-order valence-corrected chi connectivity index (χ4v) is 1.63. The van der Waals surface area contributed by atoms with Crippen molar-refractivity contribution in [3.63, 3.8) is 0 Å². The summed E-state index contributed by atoms with van der Waals surface area (Å²) in [7, 11) is 0. The van der Waals surface area contributed by atoms with Crippen LogP contribution in [-0.4, -0.2) is 17.3 Å². The summed E-state index contributed by atoms with van der Waals surface area (Å²) in [5, 5.41) is 13.6. The highest BCUT2D eigenvalue weighted by Crippen LogP contribution is 2.38. The molecule has 76 valence electrons. The van der Waals surface area contributed by atoms with Gasteiger partial charge in [0, 0.05) is 6.54 Å². The average molecular weight is 212 g/mol. The number of hydrogen-bond acceptors (Lipinski definition) is 2. The molecule has 0 amide bonds. The topological polar surface area (TPSA) is 32.3 Å². The molecule has 1 saturated carbocycles. The predicted molar refractivity (Wildman–Crippen MR) is 58.7 cm³/mol. The van der Waals surface area contributed by atoms with E-state index in [2.05, 4.69) is 5.32 Å². The van der Waals surface area contributed by atoms with Gasteiger partial charge >= 0.3 is 0 Å². The predicted octanol–water partition coefficient (Wildman–Crippen LogP) is 2.67. The van der Waals surface area contributed by atoms with Gasteiger partial charge in [-0.2, -0.15) is 0 Å². The van der Waals surface area contributed by atoms with E-state index in [1.165, 1.54) is 0 Å². The molecule has 0 spiro atoms. The van der Waals surface area contributed by atoms with E-state index in [1.54, 1.807) is 0 Å². The molecule has 1 fully saturated rings. The first-order valence-corrected chi connectivity index (χ1v) is 5.28. The number of aliphatic hydroxyl groups is 1. The fourth-order valence-electron chi connectivity index (χ4n) is 1.43. The molecular weight excluding hydrogens is 198 g/mol. The Morgan fingerprint density at radius 3 is 2.71 bits per heavy atom. The molecule has 1 aromatic rings. The van der Waals surface area contributed by atoms with Gasteiger partial charge in [-0.3, -0.25) is 0 Å². The molecule has 0 saturated heterocycles. The Hall–Kier alpha value is -0.730. The van der Waals surface area contributed by atoms with E-state index in [9.17, 15) is 5.11 Å². The Balaban J connectivity index is 1.83. The van der Waals surface area contributed by atoms with Gasteiger partial charge in [0.05, 0.1) is 16.3 Å². The van der Waals surface area contributed by atoms with Crippen molar-refractivity contribution in [2.45, 2.75) is 24.9 Å². The third kappa shape index (κ3) is 2.40. The molecule has 1 aromatic carbocycles. The molecular formula is C11H14ClNO. The molecule has 1 aliphatic rings. The monoisotopic (exact) mass is 211 g/mol. The van der Waals surface area contributed by atoms with Crippen LogP contribution in [0.3, 0.4) is 0 Å². The second-order valence-corrected chi connectivity index (χ2v) is 4.29. The summed E-state index contributed by atoms with van der Waals surface area (Å²) in [5.41, 5.74) is 0.562. The third-order valence-electron chi connectivity index (χ3n) is 2.61. The summed E-state index contributed by atoms with van der Waals surface area (Å²) in [4.78, 5) is 0. The lowest BCUT2D eigenvalue weighted by Gasteiger charge is -2.10. The summed E-state index contributed by atoms with van der Waals surface area (Å²) in [6.07, 6.45) is 2.69. The molecule has 0 unspecified atom stereocenters. The molecule has 0 heterocycles. The van der Waals surface area contributed by atoms with Crippen molar-refractivity contribution in [3.05, 3.63) is 29.3 Å². The lowest BCUT2D eigenvalue weighted by molar-refractivity contribution is 0.144. The Morgan fingerprint density at radius 1 is 1.36 bits per heavy atom. The molecule has 14 heavy (non-hydrogen) atoms. The van der Waals surface area contributed by atoms with E-state index in [0.29, 0.717) is 0 Å². The highest BCUT2D eigenvalue weighted by atomic mass is 35.5. The van der Waals surface area contributed by atoms with E-state index < -0.39 is 0 Å². The van der Waals surface area contributed by atoms with Crippen molar-refractivity contribution in [2.75, 3.05) is 11.9 Å². The first kappa shape index (κ1) is 9.81. The van der Waals surface area contributed by atoms with Crippen LogP contribution in [-0.2, 0) is 0 Å². The zero-order valence-electron chi connectivity index (χ0n) is 7.96. The number of anilines is 1. The van der Waals surface area contributed by atoms with Crippen LogP contribution in [0.5, 0.6) is 0 Å². The summed E-state index contributed by atoms with van der Waals surface area (Å²) in [6, 6.07) is 7.65. The second-order valence-electron chi connectivity index (χ2n) is 3.88. The van der Waals surface area contributed by atoms with Crippen LogP contribution < -0.4 is 5.32 Å². The van der Waals surface area contributed by atoms with Crippen molar-refractivity contribution in [3.8, 4) is 0 Å². The van der Waals surface area contributed by atoms with Crippen LogP contribution in [0.2, 0.25) is 5.02 Å². The van der Waals surface area contributed by atoms with Gasteiger partial charge in [0.15, 0.2) is 0 Å². The smallest absolute Gasteiger partial charge is 0.0666 e. The van der Waals surface area contributed by atoms with Gasteiger partial charge in [0.2, 0.25) is 0 Å². The highest BCUT2D eigenvalue weighted by Gasteiger charge is 2.39. The first-order valence-electron chi connectivity index (χ1n) is 4.90. The Morgan fingerprint density at radius 2 is 2.07 bits per heavy atom. The summed E-state index contributed by atoms with van der Waals surface area (Å²) < 4.78 is 0. The first-order chi connectivity index (χ1) is 6.70. The number of rotatable bonds is 4. The van der Waals surface area contributed by atoms with Crippen LogP contribution in [0.4, 0.5) is 5.69 Å². The number of nitrogens with one attached hydrogen (secondary N) is 1. The minimum absolute atomic E-state index is 0.381. The van der Waals surface area contributed by atoms with Gasteiger partial charge < -0.3 is 10.4 Å². The molecule has 1 aliphatic carbocycles. The number of hydrogen-bond donors (Lipinski definition) is 2. The Kier molecular flexibility index (Phi) is 2.66. The second kappa shape index (κ2) is 3.79. The molecule has 0 atom stereocenters. The maximum absolute atomic E-state index is 9.60. The van der Waals surface area contributed by atoms with Crippen molar-refractivity contribution in [1.29, 1.82) is 0 Å². The van der Waals surface area contributed by atoms with E-state index in [0.717, 1.165) is 36.5 Å². The van der Waals surface area contributed by atoms with Crippen LogP contribution in [0.1, 0.15) is 19.3 Å². The van der Waals surface area contributed by atoms with Gasteiger partial charge in [0.1, 0.15) is 0 Å². The minimum Gasteiger partial charge on any atom is -0.390 e. The number of para-hydroxylation sites is 1. The standard InChI is InChI=1S/C11H14ClNO/c12-9-3-1-2-4-10(9)13-8-7-11(14)5-6-11/h1-4,13-14H,5-8H2. The molecule has 0 bridgehead atoms. The van der Waals surface area contributed by atoms with Crippen LogP contribution >= 0.6 is 11.6 Å². The van der Waals surface area contributed by atoms with Gasteiger partial charge in [-0.1, -0.05) is 23.7 Å². The van der Waals surface area contributed by atoms with Gasteiger partial charge in [-0.15, -0.1) is 0 Å². The van der Waals surface area contributed by atoms with E-state index in [4.69, 9.17) is 11.6 Å². The Labute approximate surface area is 88.9 Å². The lowest BCUT2D eigenvalue weighted by atomic mass is 10.2. The van der Waals surface area contributed by atoms with Gasteiger partial charge in [-0.25, -0.2) is 0 Å². The van der Waals surface area contributed by atoms with Gasteiger partial charge in [0.25, 0.3) is 0 Å². The molecule has 2 rings (SSSR count). The van der Waals surface area contributed by atoms with Crippen molar-refractivity contribution in [1.82, 2.24) is 0 Å². The summed E-state index contributed by atoms with van der Waals surface area (Å²) in [6.45, 7) is 0.778. The van der Waals surface area contributed by atoms with E-state index in [-0.39, 0.29) is 5.60 Å². The van der Waals surface area contributed by atoms with Crippen molar-refractivity contribution < 1.29 is 5.11 Å². The SMILES string of the molecule is OC1(CCNc2ccccc2Cl)CC1. The highest BCUT2D eigenvalue weighted by molar-refractivity contribution is 6.33. The van der Waals surface area contributed by atoms with Crippen molar-refractivity contribution >= 4 is 17.3 Å². The maximum atomic E-state index is 9.60. The normalized spacial score (nSPS) is 17.9. The maximum Gasteiger partial charge on any atom is 0.0666 e. The molecule has 2 nitrogen and oxygen atoms in total. The van der Waals surface area contributed by atoms with Crippen LogP contribution in [0, 0.1) is 0 Å². The molecule has 2 N–H and O–H groups in total. The zero-order chi connectivity index (χ0) is 10.0. The van der Waals surface area contributed by atoms with E-state index >= 15 is 0 Å². The number of benzene rings is 1. The summed E-state index contributed by atoms with van der Waals surface area (Å²) in [5.74, 6) is 0. The van der Waals surface area contributed by atoms with Crippen LogP contribution in [0.25, 0.3) is 0 Å². The quantitative estimate of drug-likeness (QED) is 0.803. The van der Waals surface area contributed by atoms with Crippen molar-refractivity contribution in [2.24, 2.45) is 0 Å². The Bertz CT molecular complexity index is 323. The van der Waals surface area contributed by atoms with E-state index in [1.807, 2.05) is 24.3 Å². The van der Waals surface area contributed by atoms with Gasteiger partial charge in [-0.05, 0) is 31.4 Å². The number of halogens is 1. The molecule has 0 aromatic heterocycles. The lowest BCUT2D eigenvalue weighted by Crippen LogP contribution is -2.14. The molecule has 3 heteroatoms. The largest absolute Gasteiger partial charge is 0.390 e. The third-order valence-corrected chi connectivity index (χ3v) is 2.94. The van der Waals surface area contributed by atoms with Crippen LogP contribution in [0.15, 0.2) is 24.3 Å². The zero-order valence-corrected chi connectivity index (χ0v) is 8.72. The molecule has 0 radical (unpaired) electrons.